The fourth-order valence-electron chi connectivity index (χ4n) is 8.37. The van der Waals surface area contributed by atoms with Crippen LogP contribution in [0.1, 0.15) is 96.7 Å². The minimum absolute atomic E-state index is 0.107. The van der Waals surface area contributed by atoms with Gasteiger partial charge in [-0.1, -0.05) is 91.4 Å². The summed E-state index contributed by atoms with van der Waals surface area (Å²) in [5.41, 5.74) is 4.07. The Morgan fingerprint density at radius 2 is 1.73 bits per heavy atom. The highest BCUT2D eigenvalue weighted by Crippen LogP contribution is 2.59. The highest BCUT2D eigenvalue weighted by molar-refractivity contribution is 6.08. The van der Waals surface area contributed by atoms with Crippen LogP contribution in [0.25, 0.3) is 0 Å². The van der Waals surface area contributed by atoms with Crippen LogP contribution in [0, 0.1) is 5.41 Å². The van der Waals surface area contributed by atoms with Crippen molar-refractivity contribution in [3.8, 4) is 0 Å². The molecule has 0 spiro atoms. The second kappa shape index (κ2) is 16.7. The summed E-state index contributed by atoms with van der Waals surface area (Å²) in [7, 11) is 0. The van der Waals surface area contributed by atoms with Crippen molar-refractivity contribution >= 4 is 5.78 Å². The molecule has 1 aromatic heterocycles. The molecule has 4 aromatic rings. The van der Waals surface area contributed by atoms with Crippen molar-refractivity contribution in [1.82, 2.24) is 4.90 Å². The molecule has 3 N–H and O–H groups in total. The first kappa shape index (κ1) is 36.9. The van der Waals surface area contributed by atoms with Gasteiger partial charge in [0.2, 0.25) is 5.78 Å². The first-order valence-corrected chi connectivity index (χ1v) is 18.5. The Morgan fingerprint density at radius 1 is 0.980 bits per heavy atom. The maximum absolute atomic E-state index is 14.0. The average molecular weight is 692 g/mol. The van der Waals surface area contributed by atoms with E-state index in [2.05, 4.69) is 43.0 Å². The van der Waals surface area contributed by atoms with Gasteiger partial charge in [0.15, 0.2) is 5.76 Å². The van der Waals surface area contributed by atoms with E-state index in [1.54, 1.807) is 12.1 Å². The number of hydrogen-bond donors (Lipinski definition) is 3. The number of allylic oxidation sites excluding steroid dienone is 2. The molecule has 3 aliphatic carbocycles. The van der Waals surface area contributed by atoms with Crippen molar-refractivity contribution in [2.24, 2.45) is 5.41 Å². The number of ether oxygens (including phenoxy) is 1. The molecule has 7 rings (SSSR count). The molecule has 1 fully saturated rings. The number of hydrogen-bond acceptors (Lipinski definition) is 7. The monoisotopic (exact) mass is 691 g/mol. The molecule has 1 heterocycles. The van der Waals surface area contributed by atoms with Crippen LogP contribution in [0.15, 0.2) is 113 Å². The third-order valence-corrected chi connectivity index (χ3v) is 11.3. The number of fused-ring (bicyclic) bond motifs is 8. The largest absolute Gasteiger partial charge is 0.461 e. The number of aliphatic hydroxyl groups excluding tert-OH is 2. The summed E-state index contributed by atoms with van der Waals surface area (Å²) in [5, 5.41) is 35.2. The molecule has 0 saturated heterocycles. The Kier molecular flexibility index (Phi) is 12.1. The predicted molar refractivity (Wildman–Crippen MR) is 199 cm³/mol. The summed E-state index contributed by atoms with van der Waals surface area (Å²) in [6.07, 6.45) is 7.15. The highest BCUT2D eigenvalue weighted by Gasteiger charge is 2.57. The van der Waals surface area contributed by atoms with E-state index in [1.807, 2.05) is 60.7 Å². The molecular formula is C44H53NO6. The van der Waals surface area contributed by atoms with Crippen LogP contribution >= 0.6 is 0 Å². The van der Waals surface area contributed by atoms with Gasteiger partial charge in [-0.05, 0) is 98.2 Å². The molecule has 3 aliphatic rings. The number of benzene rings is 3. The lowest BCUT2D eigenvalue weighted by Crippen LogP contribution is -2.53. The third-order valence-electron chi connectivity index (χ3n) is 11.3. The molecule has 5 atom stereocenters. The zero-order chi connectivity index (χ0) is 35.8. The lowest BCUT2D eigenvalue weighted by atomic mass is 9.64. The molecule has 7 nitrogen and oxygen atoms in total. The number of carbonyl (C=O) groups excluding carboxylic acids is 1. The van der Waals surface area contributed by atoms with Crippen LogP contribution in [0.2, 0.25) is 0 Å². The zero-order valence-electron chi connectivity index (χ0n) is 30.0. The van der Waals surface area contributed by atoms with Crippen molar-refractivity contribution in [2.45, 2.75) is 95.7 Å². The number of nitrogens with zero attached hydrogens (tertiary/aromatic N) is 1. The summed E-state index contributed by atoms with van der Waals surface area (Å²) in [4.78, 5) is 16.2. The van der Waals surface area contributed by atoms with Gasteiger partial charge >= 0.3 is 0 Å². The van der Waals surface area contributed by atoms with Gasteiger partial charge in [-0.3, -0.25) is 9.69 Å². The Hall–Kier alpha value is -3.85. The van der Waals surface area contributed by atoms with Crippen LogP contribution in [-0.2, 0) is 24.3 Å². The van der Waals surface area contributed by atoms with E-state index in [4.69, 9.17) is 9.15 Å². The summed E-state index contributed by atoms with van der Waals surface area (Å²) >= 11 is 0. The fourth-order valence-corrected chi connectivity index (χ4v) is 8.37. The van der Waals surface area contributed by atoms with Crippen molar-refractivity contribution in [3.63, 3.8) is 0 Å². The molecule has 0 unspecified atom stereocenters. The van der Waals surface area contributed by atoms with E-state index in [9.17, 15) is 20.1 Å². The van der Waals surface area contributed by atoms with Crippen molar-refractivity contribution in [2.75, 3.05) is 19.7 Å². The number of carbonyl (C=O) groups is 1. The second-order valence-electron chi connectivity index (χ2n) is 15.1. The molecular weight excluding hydrogens is 638 g/mol. The van der Waals surface area contributed by atoms with Crippen LogP contribution in [-0.4, -0.2) is 63.5 Å². The Balaban J connectivity index is 1.32. The first-order chi connectivity index (χ1) is 24.6. The van der Waals surface area contributed by atoms with Crippen LogP contribution in [0.4, 0.5) is 0 Å². The topological polar surface area (TPSA) is 103 Å². The number of aliphatic hydroxyl groups is 3. The summed E-state index contributed by atoms with van der Waals surface area (Å²) in [6, 6.07) is 29.6. The average Bonchev–Trinajstić information content (AvgIpc) is 3.74. The standard InChI is InChI=1S/C44H53NO6/c1-32-11-9-22-43(2)40(38-20-18-35(25-36(46)19-17-32)26-39(38)42(48)41-16-10-24-51-41)21-23-44(43,49)31-45(27-33-12-5-3-6-13-33)28-37(47)30-50-29-34-14-7-4-8-15-34/h3-8,10-16,18,20,24,26,36-37,40,46-47,49H,9,17,19,21-23,25,27-31H2,1-2H3/t36-,37+,40-,43-,44+/m0/s1. The van der Waals surface area contributed by atoms with Crippen molar-refractivity contribution in [1.29, 1.82) is 0 Å². The normalized spacial score (nSPS) is 24.5. The van der Waals surface area contributed by atoms with Gasteiger partial charge in [-0.15, -0.1) is 0 Å². The summed E-state index contributed by atoms with van der Waals surface area (Å²) in [6.45, 7) is 6.18. The molecule has 2 bridgehead atoms. The fraction of sp³-hybridized carbons (Fsp3) is 0.432. The van der Waals surface area contributed by atoms with Gasteiger partial charge in [-0.2, -0.15) is 0 Å². The lowest BCUT2D eigenvalue weighted by molar-refractivity contribution is -0.0923. The second-order valence-corrected chi connectivity index (χ2v) is 15.1. The van der Waals surface area contributed by atoms with E-state index < -0.39 is 23.2 Å². The van der Waals surface area contributed by atoms with Gasteiger partial charge in [0.05, 0.1) is 37.3 Å². The quantitative estimate of drug-likeness (QED) is 0.104. The molecule has 3 aromatic carbocycles. The minimum Gasteiger partial charge on any atom is -0.461 e. The maximum atomic E-state index is 14.0. The van der Waals surface area contributed by atoms with Gasteiger partial charge in [0.1, 0.15) is 0 Å². The SMILES string of the molecule is CC1=CCC[C@@]2(C)[C@@H](CC[C@@]2(O)CN(Cc2ccccc2)C[C@@H](O)COCc2ccccc2)c2ccc(cc2C(=O)c2ccco2)C[C@@H](O)CC1. The van der Waals surface area contributed by atoms with Gasteiger partial charge in [0.25, 0.3) is 0 Å². The smallest absolute Gasteiger partial charge is 0.228 e. The third kappa shape index (κ3) is 8.97. The van der Waals surface area contributed by atoms with E-state index in [-0.39, 0.29) is 24.1 Å². The van der Waals surface area contributed by atoms with Crippen LogP contribution in [0.3, 0.4) is 0 Å². The molecule has 7 heteroatoms. The molecule has 0 amide bonds. The Morgan fingerprint density at radius 3 is 2.45 bits per heavy atom. The van der Waals surface area contributed by atoms with Gasteiger partial charge in [-0.25, -0.2) is 0 Å². The van der Waals surface area contributed by atoms with Gasteiger partial charge < -0.3 is 24.5 Å². The van der Waals surface area contributed by atoms with E-state index >= 15 is 0 Å². The molecule has 0 radical (unpaired) electrons. The maximum Gasteiger partial charge on any atom is 0.228 e. The van der Waals surface area contributed by atoms with E-state index in [0.29, 0.717) is 63.9 Å². The van der Waals surface area contributed by atoms with Crippen LogP contribution < -0.4 is 0 Å². The Labute approximate surface area is 302 Å². The molecule has 270 valence electrons. The predicted octanol–water partition coefficient (Wildman–Crippen LogP) is 7.63. The highest BCUT2D eigenvalue weighted by atomic mass is 16.5. The van der Waals surface area contributed by atoms with Gasteiger partial charge in [0, 0.05) is 30.6 Å². The zero-order valence-corrected chi connectivity index (χ0v) is 30.0. The minimum atomic E-state index is -1.12. The van der Waals surface area contributed by atoms with E-state index in [0.717, 1.165) is 35.1 Å². The van der Waals surface area contributed by atoms with Crippen molar-refractivity contribution < 1.29 is 29.3 Å². The molecule has 51 heavy (non-hydrogen) atoms. The van der Waals surface area contributed by atoms with Crippen LogP contribution in [0.5, 0.6) is 0 Å². The van der Waals surface area contributed by atoms with E-state index in [1.165, 1.54) is 11.8 Å². The first-order valence-electron chi connectivity index (χ1n) is 18.5. The molecule has 1 saturated carbocycles. The van der Waals surface area contributed by atoms with Crippen molar-refractivity contribution in [3.05, 3.63) is 142 Å². The Bertz CT molecular complexity index is 1740. The number of furan rings is 1. The summed E-state index contributed by atoms with van der Waals surface area (Å²) in [5.74, 6) is -0.0119. The molecule has 0 aliphatic heterocycles. The lowest BCUT2D eigenvalue weighted by Gasteiger charge is -2.46. The number of rotatable bonds is 12. The summed E-state index contributed by atoms with van der Waals surface area (Å²) < 4.78 is 11.5. The number of ketones is 1.